The largest absolute Gasteiger partial charge is 0.497 e. The normalized spacial score (nSPS) is 16.5. The molecule has 6 heteroatoms. The molecular formula is C20H35N5O. The van der Waals surface area contributed by atoms with Gasteiger partial charge in [0, 0.05) is 46.3 Å². The zero-order chi connectivity index (χ0) is 18.6. The van der Waals surface area contributed by atoms with Gasteiger partial charge in [0.1, 0.15) is 5.75 Å². The summed E-state index contributed by atoms with van der Waals surface area (Å²) in [4.78, 5) is 9.41. The molecule has 1 aromatic carbocycles. The highest BCUT2D eigenvalue weighted by molar-refractivity contribution is 5.79. The average molecular weight is 362 g/mol. The van der Waals surface area contributed by atoms with E-state index in [0.29, 0.717) is 0 Å². The summed E-state index contributed by atoms with van der Waals surface area (Å²) in [5.74, 6) is 1.74. The van der Waals surface area contributed by atoms with E-state index in [2.05, 4.69) is 44.5 Å². The standard InChI is InChI=1S/C20H35N5O/c1-4-24-13-15-25(16-14-24)12-6-5-11-22-20(21-2)23-17-18-7-9-19(26-3)10-8-18/h7-10H,4-6,11-17H2,1-3H3,(H2,21,22,23). The molecule has 0 aliphatic carbocycles. The molecule has 0 amide bonds. The SMILES string of the molecule is CCN1CCN(CCCCNC(=NC)NCc2ccc(OC)cc2)CC1. The third-order valence-corrected chi connectivity index (χ3v) is 4.95. The lowest BCUT2D eigenvalue weighted by Gasteiger charge is -2.34. The molecule has 1 aliphatic heterocycles. The summed E-state index contributed by atoms with van der Waals surface area (Å²) in [7, 11) is 3.50. The van der Waals surface area contributed by atoms with Gasteiger partial charge in [-0.15, -0.1) is 0 Å². The molecule has 1 heterocycles. The van der Waals surface area contributed by atoms with Gasteiger partial charge in [-0.2, -0.15) is 0 Å². The summed E-state index contributed by atoms with van der Waals surface area (Å²) >= 11 is 0. The minimum Gasteiger partial charge on any atom is -0.497 e. The lowest BCUT2D eigenvalue weighted by molar-refractivity contribution is 0.136. The van der Waals surface area contributed by atoms with Gasteiger partial charge in [0.2, 0.25) is 0 Å². The number of benzene rings is 1. The average Bonchev–Trinajstić information content (AvgIpc) is 2.71. The second kappa shape index (κ2) is 11.8. The number of unbranched alkanes of at least 4 members (excludes halogenated alkanes) is 1. The first-order valence-electron chi connectivity index (χ1n) is 9.77. The minimum absolute atomic E-state index is 0.755. The van der Waals surface area contributed by atoms with Crippen molar-refractivity contribution in [2.75, 3.05) is 60.0 Å². The summed E-state index contributed by atoms with van der Waals surface area (Å²) < 4.78 is 5.18. The summed E-state index contributed by atoms with van der Waals surface area (Å²) in [5.41, 5.74) is 1.21. The van der Waals surface area contributed by atoms with E-state index in [1.165, 1.54) is 51.3 Å². The molecule has 2 N–H and O–H groups in total. The first kappa shape index (κ1) is 20.5. The van der Waals surface area contributed by atoms with Crippen LogP contribution in [-0.2, 0) is 6.54 Å². The Bertz CT molecular complexity index is 524. The van der Waals surface area contributed by atoms with Crippen LogP contribution in [0, 0.1) is 0 Å². The molecule has 1 aliphatic rings. The Balaban J connectivity index is 1.56. The monoisotopic (exact) mass is 361 g/mol. The van der Waals surface area contributed by atoms with Crippen molar-refractivity contribution in [2.24, 2.45) is 4.99 Å². The lowest BCUT2D eigenvalue weighted by atomic mass is 10.2. The fourth-order valence-corrected chi connectivity index (χ4v) is 3.15. The van der Waals surface area contributed by atoms with Crippen LogP contribution in [0.2, 0.25) is 0 Å². The number of methoxy groups -OCH3 is 1. The first-order valence-corrected chi connectivity index (χ1v) is 9.77. The fraction of sp³-hybridized carbons (Fsp3) is 0.650. The van der Waals surface area contributed by atoms with Gasteiger partial charge in [-0.1, -0.05) is 19.1 Å². The van der Waals surface area contributed by atoms with E-state index in [1.807, 2.05) is 19.2 Å². The fourth-order valence-electron chi connectivity index (χ4n) is 3.15. The van der Waals surface area contributed by atoms with Crippen LogP contribution in [0.3, 0.4) is 0 Å². The Kier molecular flexibility index (Phi) is 9.28. The Hall–Kier alpha value is -1.79. The molecule has 0 bridgehead atoms. The van der Waals surface area contributed by atoms with Gasteiger partial charge in [0.25, 0.3) is 0 Å². The highest BCUT2D eigenvalue weighted by atomic mass is 16.5. The number of nitrogens with zero attached hydrogens (tertiary/aromatic N) is 3. The van der Waals surface area contributed by atoms with Crippen LogP contribution in [0.15, 0.2) is 29.3 Å². The summed E-state index contributed by atoms with van der Waals surface area (Å²) in [6, 6.07) is 8.09. The van der Waals surface area contributed by atoms with Crippen LogP contribution in [0.1, 0.15) is 25.3 Å². The smallest absolute Gasteiger partial charge is 0.191 e. The number of likely N-dealkylation sites (N-methyl/N-ethyl adjacent to an activating group) is 1. The van der Waals surface area contributed by atoms with Crippen LogP contribution >= 0.6 is 0 Å². The number of aliphatic imine (C=N–C) groups is 1. The molecular weight excluding hydrogens is 326 g/mol. The molecule has 2 rings (SSSR count). The second-order valence-corrected chi connectivity index (χ2v) is 6.68. The third-order valence-electron chi connectivity index (χ3n) is 4.95. The van der Waals surface area contributed by atoms with E-state index in [1.54, 1.807) is 7.11 Å². The van der Waals surface area contributed by atoms with Gasteiger partial charge in [0.05, 0.1) is 7.11 Å². The van der Waals surface area contributed by atoms with E-state index >= 15 is 0 Å². The second-order valence-electron chi connectivity index (χ2n) is 6.68. The van der Waals surface area contributed by atoms with Crippen LogP contribution < -0.4 is 15.4 Å². The van der Waals surface area contributed by atoms with Crippen molar-refractivity contribution in [3.8, 4) is 5.75 Å². The Morgan fingerprint density at radius 2 is 1.73 bits per heavy atom. The van der Waals surface area contributed by atoms with E-state index in [4.69, 9.17) is 4.74 Å². The van der Waals surface area contributed by atoms with Crippen molar-refractivity contribution >= 4 is 5.96 Å². The first-order chi connectivity index (χ1) is 12.7. The van der Waals surface area contributed by atoms with E-state index in [-0.39, 0.29) is 0 Å². The van der Waals surface area contributed by atoms with E-state index < -0.39 is 0 Å². The molecule has 1 fully saturated rings. The maximum atomic E-state index is 5.18. The summed E-state index contributed by atoms with van der Waals surface area (Å²) in [6.07, 6.45) is 2.39. The van der Waals surface area contributed by atoms with Crippen LogP contribution in [0.5, 0.6) is 5.75 Å². The van der Waals surface area contributed by atoms with Crippen molar-refractivity contribution < 1.29 is 4.74 Å². The number of piperazine rings is 1. The van der Waals surface area contributed by atoms with Crippen molar-refractivity contribution in [3.05, 3.63) is 29.8 Å². The van der Waals surface area contributed by atoms with Crippen molar-refractivity contribution in [2.45, 2.75) is 26.3 Å². The van der Waals surface area contributed by atoms with Gasteiger partial charge in [-0.25, -0.2) is 0 Å². The highest BCUT2D eigenvalue weighted by Gasteiger charge is 2.14. The van der Waals surface area contributed by atoms with Gasteiger partial charge in [-0.3, -0.25) is 4.99 Å². The third kappa shape index (κ3) is 7.22. The van der Waals surface area contributed by atoms with Gasteiger partial charge in [-0.05, 0) is 43.6 Å². The number of rotatable bonds is 9. The molecule has 0 saturated carbocycles. The van der Waals surface area contributed by atoms with Crippen molar-refractivity contribution in [1.82, 2.24) is 20.4 Å². The Labute approximate surface area is 158 Å². The van der Waals surface area contributed by atoms with Crippen LogP contribution in [-0.4, -0.2) is 75.7 Å². The summed E-state index contributed by atoms with van der Waals surface area (Å²) in [5, 5.41) is 6.76. The minimum atomic E-state index is 0.755. The van der Waals surface area contributed by atoms with E-state index in [9.17, 15) is 0 Å². The molecule has 6 nitrogen and oxygen atoms in total. The number of nitrogens with one attached hydrogen (secondary N) is 2. The van der Waals surface area contributed by atoms with Crippen LogP contribution in [0.25, 0.3) is 0 Å². The Morgan fingerprint density at radius 1 is 1.04 bits per heavy atom. The maximum Gasteiger partial charge on any atom is 0.191 e. The van der Waals surface area contributed by atoms with E-state index in [0.717, 1.165) is 31.2 Å². The van der Waals surface area contributed by atoms with Gasteiger partial charge >= 0.3 is 0 Å². The molecule has 26 heavy (non-hydrogen) atoms. The lowest BCUT2D eigenvalue weighted by Crippen LogP contribution is -2.46. The quantitative estimate of drug-likeness (QED) is 0.399. The highest BCUT2D eigenvalue weighted by Crippen LogP contribution is 2.10. The number of guanidine groups is 1. The molecule has 0 radical (unpaired) electrons. The number of hydrogen-bond donors (Lipinski definition) is 2. The number of ether oxygens (including phenoxy) is 1. The Morgan fingerprint density at radius 3 is 2.35 bits per heavy atom. The zero-order valence-electron chi connectivity index (χ0n) is 16.6. The molecule has 0 atom stereocenters. The summed E-state index contributed by atoms with van der Waals surface area (Å²) in [6.45, 7) is 11.2. The molecule has 1 aromatic rings. The van der Waals surface area contributed by atoms with Gasteiger partial charge < -0.3 is 25.2 Å². The maximum absolute atomic E-state index is 5.18. The molecule has 0 unspecified atom stereocenters. The molecule has 0 spiro atoms. The van der Waals surface area contributed by atoms with Crippen molar-refractivity contribution in [3.63, 3.8) is 0 Å². The number of hydrogen-bond acceptors (Lipinski definition) is 4. The molecule has 1 saturated heterocycles. The molecule has 146 valence electrons. The van der Waals surface area contributed by atoms with Crippen molar-refractivity contribution in [1.29, 1.82) is 0 Å². The predicted molar refractivity (Wildman–Crippen MR) is 109 cm³/mol. The zero-order valence-corrected chi connectivity index (χ0v) is 16.6. The van der Waals surface area contributed by atoms with Gasteiger partial charge in [0.15, 0.2) is 5.96 Å². The molecule has 0 aromatic heterocycles. The van der Waals surface area contributed by atoms with Crippen LogP contribution in [0.4, 0.5) is 0 Å². The topological polar surface area (TPSA) is 52.1 Å². The predicted octanol–water partition coefficient (Wildman–Crippen LogP) is 1.78.